The lowest BCUT2D eigenvalue weighted by Gasteiger charge is -2.27. The zero-order valence-corrected chi connectivity index (χ0v) is 33.9. The smallest absolute Gasteiger partial charge is 0.0468 e. The normalized spacial score (nSPS) is 12.1. The number of benzene rings is 8. The van der Waals surface area contributed by atoms with Crippen LogP contribution in [0.15, 0.2) is 176 Å². The first-order valence-electron chi connectivity index (χ1n) is 19.7. The SMILES string of the molecule is CC(C)(C)c1cc(-c2cccc3sc4ccc(N(c5ccc(-c6ccccc6)cc5)c5ccc(-c6cccc7ccccc67)cc5)cc4c23)cc(C(C)(C)C)c1. The van der Waals surface area contributed by atoms with Crippen molar-refractivity contribution in [2.75, 3.05) is 4.90 Å². The number of hydrogen-bond donors (Lipinski definition) is 0. The summed E-state index contributed by atoms with van der Waals surface area (Å²) in [6, 6.07) is 65.1. The number of hydrogen-bond acceptors (Lipinski definition) is 2. The summed E-state index contributed by atoms with van der Waals surface area (Å²) in [6.07, 6.45) is 0. The molecule has 1 nitrogen and oxygen atoms in total. The van der Waals surface area contributed by atoms with Gasteiger partial charge in [0.2, 0.25) is 0 Å². The van der Waals surface area contributed by atoms with E-state index >= 15 is 0 Å². The van der Waals surface area contributed by atoms with Crippen LogP contribution in [-0.2, 0) is 10.8 Å². The van der Waals surface area contributed by atoms with Crippen LogP contribution in [0.5, 0.6) is 0 Å². The summed E-state index contributed by atoms with van der Waals surface area (Å²) >= 11 is 1.88. The van der Waals surface area contributed by atoms with E-state index < -0.39 is 0 Å². The van der Waals surface area contributed by atoms with Crippen LogP contribution in [0.4, 0.5) is 17.1 Å². The van der Waals surface area contributed by atoms with Crippen molar-refractivity contribution in [1.29, 1.82) is 0 Å². The Labute approximate surface area is 335 Å². The molecule has 274 valence electrons. The van der Waals surface area contributed by atoms with E-state index in [1.54, 1.807) is 0 Å². The Morgan fingerprint density at radius 1 is 0.375 bits per heavy atom. The van der Waals surface area contributed by atoms with E-state index in [4.69, 9.17) is 0 Å². The third kappa shape index (κ3) is 6.69. The molecule has 1 heterocycles. The lowest BCUT2D eigenvalue weighted by molar-refractivity contribution is 0.569. The van der Waals surface area contributed by atoms with E-state index in [0.717, 1.165) is 17.1 Å². The second-order valence-corrected chi connectivity index (χ2v) is 18.2. The fraction of sp³-hybridized carbons (Fsp3) is 0.148. The highest BCUT2D eigenvalue weighted by molar-refractivity contribution is 7.26. The van der Waals surface area contributed by atoms with Gasteiger partial charge in [0.15, 0.2) is 0 Å². The molecule has 0 aliphatic carbocycles. The van der Waals surface area contributed by atoms with E-state index in [2.05, 4.69) is 222 Å². The Morgan fingerprint density at radius 2 is 0.929 bits per heavy atom. The van der Waals surface area contributed by atoms with Gasteiger partial charge in [-0.15, -0.1) is 11.3 Å². The van der Waals surface area contributed by atoms with E-state index in [9.17, 15) is 0 Å². The van der Waals surface area contributed by atoms with Crippen molar-refractivity contribution in [2.45, 2.75) is 52.4 Å². The van der Waals surface area contributed by atoms with Crippen LogP contribution in [0.2, 0.25) is 0 Å². The molecular weight excluding hydrogens is 695 g/mol. The van der Waals surface area contributed by atoms with Crippen LogP contribution in [0.1, 0.15) is 52.7 Å². The second-order valence-electron chi connectivity index (χ2n) is 17.1. The van der Waals surface area contributed by atoms with Crippen molar-refractivity contribution < 1.29 is 0 Å². The van der Waals surface area contributed by atoms with Gasteiger partial charge in [-0.05, 0) is 115 Å². The van der Waals surface area contributed by atoms with Crippen molar-refractivity contribution in [3.05, 3.63) is 187 Å². The standard InChI is InChI=1S/C54H47NS/c1-53(2,3)41-32-40(33-42(34-41)54(4,5)6)48-20-13-21-51-52(48)49-35-45(30-31-50(49)56-51)55(43-26-22-37(23-27-43)36-14-8-7-9-15-36)44-28-24-39(25-29-44)47-19-12-17-38-16-10-11-18-46(38)47/h7-35H,1-6H3. The number of anilines is 3. The summed E-state index contributed by atoms with van der Waals surface area (Å²) in [5.74, 6) is 0. The van der Waals surface area contributed by atoms with Crippen molar-refractivity contribution in [2.24, 2.45) is 0 Å². The van der Waals surface area contributed by atoms with Gasteiger partial charge in [-0.2, -0.15) is 0 Å². The molecule has 0 fully saturated rings. The quantitative estimate of drug-likeness (QED) is 0.164. The lowest BCUT2D eigenvalue weighted by atomic mass is 9.78. The summed E-state index contributed by atoms with van der Waals surface area (Å²) in [5.41, 5.74) is 13.6. The van der Waals surface area contributed by atoms with Crippen LogP contribution in [0.3, 0.4) is 0 Å². The van der Waals surface area contributed by atoms with Crippen LogP contribution in [-0.4, -0.2) is 0 Å². The molecule has 0 aliphatic rings. The average Bonchev–Trinajstić information content (AvgIpc) is 3.59. The lowest BCUT2D eigenvalue weighted by Crippen LogP contribution is -2.16. The van der Waals surface area contributed by atoms with Crippen LogP contribution < -0.4 is 4.90 Å². The van der Waals surface area contributed by atoms with Crippen molar-refractivity contribution in [3.63, 3.8) is 0 Å². The van der Waals surface area contributed by atoms with Crippen molar-refractivity contribution in [1.82, 2.24) is 0 Å². The molecule has 9 aromatic rings. The van der Waals surface area contributed by atoms with Gasteiger partial charge in [0, 0.05) is 37.2 Å². The molecule has 0 N–H and O–H groups in total. The van der Waals surface area contributed by atoms with Crippen LogP contribution in [0.25, 0.3) is 64.3 Å². The van der Waals surface area contributed by atoms with Gasteiger partial charge in [0.25, 0.3) is 0 Å². The third-order valence-electron chi connectivity index (χ3n) is 11.2. The monoisotopic (exact) mass is 741 g/mol. The Bertz CT molecular complexity index is 2810. The minimum atomic E-state index is 0.0352. The zero-order valence-electron chi connectivity index (χ0n) is 33.1. The molecule has 0 spiro atoms. The molecule has 0 unspecified atom stereocenters. The fourth-order valence-corrected chi connectivity index (χ4v) is 9.10. The topological polar surface area (TPSA) is 3.24 Å². The van der Waals surface area contributed by atoms with Crippen LogP contribution >= 0.6 is 11.3 Å². The summed E-state index contributed by atoms with van der Waals surface area (Å²) in [7, 11) is 0. The fourth-order valence-electron chi connectivity index (χ4n) is 7.99. The molecule has 56 heavy (non-hydrogen) atoms. The summed E-state index contributed by atoms with van der Waals surface area (Å²) < 4.78 is 2.61. The first-order valence-corrected chi connectivity index (χ1v) is 20.5. The predicted octanol–water partition coefficient (Wildman–Crippen LogP) is 16.3. The third-order valence-corrected chi connectivity index (χ3v) is 12.3. The number of nitrogens with zero attached hydrogens (tertiary/aromatic N) is 1. The number of rotatable bonds is 6. The van der Waals surface area contributed by atoms with Crippen LogP contribution in [0, 0.1) is 0 Å². The minimum absolute atomic E-state index is 0.0352. The molecule has 0 radical (unpaired) electrons. The van der Waals surface area contributed by atoms with Gasteiger partial charge in [-0.3, -0.25) is 0 Å². The van der Waals surface area contributed by atoms with E-state index in [1.165, 1.54) is 75.5 Å². The minimum Gasteiger partial charge on any atom is -0.310 e. The van der Waals surface area contributed by atoms with Gasteiger partial charge in [-0.25, -0.2) is 0 Å². The summed E-state index contributed by atoms with van der Waals surface area (Å²) in [6.45, 7) is 13.9. The number of thiophene rings is 1. The molecule has 8 aromatic carbocycles. The molecule has 1 aromatic heterocycles. The van der Waals surface area contributed by atoms with Gasteiger partial charge >= 0.3 is 0 Å². The van der Waals surface area contributed by atoms with Gasteiger partial charge in [0.1, 0.15) is 0 Å². The maximum absolute atomic E-state index is 2.43. The molecule has 0 atom stereocenters. The summed E-state index contributed by atoms with van der Waals surface area (Å²) in [5, 5.41) is 5.13. The molecule has 0 aliphatic heterocycles. The van der Waals surface area contributed by atoms with Crippen molar-refractivity contribution >= 4 is 59.3 Å². The van der Waals surface area contributed by atoms with E-state index in [0.29, 0.717) is 0 Å². The molecule has 0 amide bonds. The molecule has 9 rings (SSSR count). The average molecular weight is 742 g/mol. The maximum atomic E-state index is 2.43. The Morgan fingerprint density at radius 3 is 1.61 bits per heavy atom. The largest absolute Gasteiger partial charge is 0.310 e. The maximum Gasteiger partial charge on any atom is 0.0468 e. The molecule has 0 saturated heterocycles. The summed E-state index contributed by atoms with van der Waals surface area (Å²) in [4.78, 5) is 2.41. The zero-order chi connectivity index (χ0) is 38.6. The second kappa shape index (κ2) is 14.0. The van der Waals surface area contributed by atoms with E-state index in [-0.39, 0.29) is 10.8 Å². The molecule has 0 bridgehead atoms. The van der Waals surface area contributed by atoms with Crippen molar-refractivity contribution in [3.8, 4) is 33.4 Å². The van der Waals surface area contributed by atoms with E-state index in [1.807, 2.05) is 11.3 Å². The highest BCUT2D eigenvalue weighted by atomic mass is 32.1. The van der Waals surface area contributed by atoms with Gasteiger partial charge in [-0.1, -0.05) is 169 Å². The predicted molar refractivity (Wildman–Crippen MR) is 245 cm³/mol. The Hall–Kier alpha value is -5.96. The Balaban J connectivity index is 1.21. The van der Waals surface area contributed by atoms with Gasteiger partial charge in [0.05, 0.1) is 0 Å². The molecule has 0 saturated carbocycles. The molecular formula is C54H47NS. The first kappa shape index (κ1) is 35.7. The van der Waals surface area contributed by atoms with Gasteiger partial charge < -0.3 is 4.90 Å². The highest BCUT2D eigenvalue weighted by Gasteiger charge is 2.23. The highest BCUT2D eigenvalue weighted by Crippen LogP contribution is 2.45. The molecule has 2 heteroatoms. The number of fused-ring (bicyclic) bond motifs is 4. The first-order chi connectivity index (χ1) is 27.0. The Kier molecular flexibility index (Phi) is 8.91.